The average Bonchev–Trinajstić information content (AvgIpc) is 3.76. The van der Waals surface area contributed by atoms with Gasteiger partial charge in [-0.25, -0.2) is 0 Å². The fourth-order valence-electron chi connectivity index (χ4n) is 7.17. The third kappa shape index (κ3) is 5.60. The number of piperidine rings is 1. The van der Waals surface area contributed by atoms with Gasteiger partial charge in [0.2, 0.25) is 5.60 Å². The van der Waals surface area contributed by atoms with E-state index in [9.17, 15) is 0 Å². The lowest BCUT2D eigenvalue weighted by molar-refractivity contribution is -0.279. The summed E-state index contributed by atoms with van der Waals surface area (Å²) in [5, 5.41) is 10.8. The van der Waals surface area contributed by atoms with Crippen molar-refractivity contribution in [3.05, 3.63) is 183 Å². The number of ether oxygens (including phenoxy) is 1. The molecule has 8 rings (SSSR count). The van der Waals surface area contributed by atoms with Crippen molar-refractivity contribution in [1.29, 1.82) is 0 Å². The number of hydrogen-bond acceptors (Lipinski definition) is 6. The highest BCUT2D eigenvalue weighted by atomic mass is 35.5. The van der Waals surface area contributed by atoms with Crippen molar-refractivity contribution in [2.75, 3.05) is 13.1 Å². The molecule has 2 spiro atoms. The van der Waals surface area contributed by atoms with Crippen molar-refractivity contribution in [1.82, 2.24) is 4.90 Å². The summed E-state index contributed by atoms with van der Waals surface area (Å²) in [7, 11) is 0. The predicted molar refractivity (Wildman–Crippen MR) is 195 cm³/mol. The highest BCUT2D eigenvalue weighted by Gasteiger charge is 2.74. The summed E-state index contributed by atoms with van der Waals surface area (Å²) in [5.74, 6) is -1.59. The molecule has 0 bridgehead atoms. The smallest absolute Gasteiger partial charge is 0.346 e. The number of fused-ring (bicyclic) bond motifs is 1. The van der Waals surface area contributed by atoms with Crippen LogP contribution in [-0.4, -0.2) is 41.0 Å². The molecular formula is C41H33Cl2N3O3. The van der Waals surface area contributed by atoms with Crippen LogP contribution in [0.2, 0.25) is 10.0 Å². The Balaban J connectivity index is 1.35. The van der Waals surface area contributed by atoms with Gasteiger partial charge < -0.3 is 14.4 Å². The van der Waals surface area contributed by atoms with Crippen LogP contribution in [0.3, 0.4) is 0 Å². The van der Waals surface area contributed by atoms with Gasteiger partial charge in [-0.3, -0.25) is 4.90 Å². The monoisotopic (exact) mass is 685 g/mol. The number of benzene rings is 5. The van der Waals surface area contributed by atoms with Crippen molar-refractivity contribution in [3.8, 4) is 0 Å². The predicted octanol–water partition coefficient (Wildman–Crippen LogP) is 9.52. The second-order valence-corrected chi connectivity index (χ2v) is 13.5. The van der Waals surface area contributed by atoms with Crippen LogP contribution >= 0.6 is 23.2 Å². The Morgan fingerprint density at radius 3 is 1.96 bits per heavy atom. The van der Waals surface area contributed by atoms with Crippen LogP contribution in [0.15, 0.2) is 155 Å². The van der Waals surface area contributed by atoms with Crippen LogP contribution in [0.25, 0.3) is 6.08 Å². The molecular weight excluding hydrogens is 653 g/mol. The van der Waals surface area contributed by atoms with Crippen LogP contribution in [0, 0.1) is 0 Å². The highest BCUT2D eigenvalue weighted by molar-refractivity contribution is 6.31. The molecule has 0 aliphatic carbocycles. The van der Waals surface area contributed by atoms with Gasteiger partial charge in [-0.1, -0.05) is 131 Å². The van der Waals surface area contributed by atoms with Gasteiger partial charge in [0.25, 0.3) is 5.90 Å². The van der Waals surface area contributed by atoms with Crippen LogP contribution in [-0.2, 0) is 14.4 Å². The molecule has 3 aliphatic rings. The normalized spacial score (nSPS) is 24.6. The van der Waals surface area contributed by atoms with Crippen molar-refractivity contribution in [2.45, 2.75) is 30.3 Å². The van der Waals surface area contributed by atoms with Crippen LogP contribution in [0.5, 0.6) is 0 Å². The first-order chi connectivity index (χ1) is 24.0. The second kappa shape index (κ2) is 12.9. The Hall–Kier alpha value is -4.88. The standard InChI is InChI=1S/C41H33Cl2N3O3/c1-28(30-13-7-3-8-14-30)46-26-34(25-29-11-5-2-6-12-29)41(47-39(45-49-41)33-19-23-36(43)24-20-33)40(27-46)37(31-15-9-4-10-16-31)38(44-48-40)32-17-21-35(42)22-18-32/h2-25,28,37H,26-27H2,1H3/b34-25-/t28-,37-,40?,41+/m1/s1. The topological polar surface area (TPSA) is 55.7 Å². The van der Waals surface area contributed by atoms with E-state index in [1.54, 1.807) is 0 Å². The Kier molecular flexibility index (Phi) is 8.24. The quantitative estimate of drug-likeness (QED) is 0.179. The summed E-state index contributed by atoms with van der Waals surface area (Å²) in [4.78, 5) is 16.0. The van der Waals surface area contributed by atoms with Crippen molar-refractivity contribution in [3.63, 3.8) is 0 Å². The van der Waals surface area contributed by atoms with E-state index in [4.69, 9.17) is 42.8 Å². The molecule has 5 aromatic rings. The summed E-state index contributed by atoms with van der Waals surface area (Å²) >= 11 is 12.6. The van der Waals surface area contributed by atoms with Gasteiger partial charge in [0.15, 0.2) is 0 Å². The maximum atomic E-state index is 7.10. The summed E-state index contributed by atoms with van der Waals surface area (Å²) in [6.45, 7) is 3.16. The molecule has 3 heterocycles. The summed E-state index contributed by atoms with van der Waals surface area (Å²) in [6, 6.07) is 46.1. The first kappa shape index (κ1) is 31.4. The van der Waals surface area contributed by atoms with E-state index in [0.717, 1.165) is 33.5 Å². The number of halogens is 2. The molecule has 5 aromatic carbocycles. The minimum Gasteiger partial charge on any atom is -0.422 e. The Morgan fingerprint density at radius 1 is 0.714 bits per heavy atom. The summed E-state index contributed by atoms with van der Waals surface area (Å²) in [6.07, 6.45) is 2.14. The average molecular weight is 687 g/mol. The van der Waals surface area contributed by atoms with Gasteiger partial charge in [-0.05, 0) is 71.2 Å². The minimum atomic E-state index is -1.50. The van der Waals surface area contributed by atoms with Crippen LogP contribution in [0.4, 0.5) is 0 Å². The number of rotatable bonds is 6. The number of nitrogens with zero attached hydrogens (tertiary/aromatic N) is 3. The van der Waals surface area contributed by atoms with Gasteiger partial charge in [0.1, 0.15) is 0 Å². The fourth-order valence-corrected chi connectivity index (χ4v) is 7.43. The van der Waals surface area contributed by atoms with Crippen LogP contribution < -0.4 is 0 Å². The summed E-state index contributed by atoms with van der Waals surface area (Å²) in [5.41, 5.74) is 5.20. The molecule has 0 amide bonds. The van der Waals surface area contributed by atoms with Gasteiger partial charge in [0, 0.05) is 39.3 Å². The Morgan fingerprint density at radius 2 is 1.31 bits per heavy atom. The molecule has 1 unspecified atom stereocenters. The number of oxime groups is 2. The lowest BCUT2D eigenvalue weighted by Gasteiger charge is -2.52. The zero-order valence-electron chi connectivity index (χ0n) is 26.7. The molecule has 244 valence electrons. The second-order valence-electron chi connectivity index (χ2n) is 12.6. The highest BCUT2D eigenvalue weighted by Crippen LogP contribution is 2.57. The molecule has 4 atom stereocenters. The van der Waals surface area contributed by atoms with Crippen molar-refractivity contribution < 1.29 is 14.4 Å². The van der Waals surface area contributed by atoms with Gasteiger partial charge in [-0.15, -0.1) is 0 Å². The lowest BCUT2D eigenvalue weighted by atomic mass is 9.68. The Bertz CT molecular complexity index is 2040. The van der Waals surface area contributed by atoms with Gasteiger partial charge in [-0.2, -0.15) is 0 Å². The zero-order chi connectivity index (χ0) is 33.4. The SMILES string of the molecule is C[C@H](c1ccccc1)N1C/C(=C/c2ccccc2)[C@]2(ON=C(c3ccc(Cl)cc3)O2)C2(C1)ON=C(c1ccc(Cl)cc1)[C@H]2c1ccccc1. The van der Waals surface area contributed by atoms with Crippen molar-refractivity contribution >= 4 is 40.9 Å². The molecule has 3 aliphatic heterocycles. The summed E-state index contributed by atoms with van der Waals surface area (Å²) < 4.78 is 7.10. The van der Waals surface area contributed by atoms with Gasteiger partial charge in [0.05, 0.1) is 18.2 Å². The maximum absolute atomic E-state index is 7.10. The molecule has 0 aromatic heterocycles. The molecule has 0 radical (unpaired) electrons. The third-order valence-electron chi connectivity index (χ3n) is 9.67. The fraction of sp³-hybridized carbons (Fsp3) is 0.171. The first-order valence-electron chi connectivity index (χ1n) is 16.3. The van der Waals surface area contributed by atoms with E-state index in [1.165, 1.54) is 5.56 Å². The van der Waals surface area contributed by atoms with E-state index in [-0.39, 0.29) is 6.04 Å². The minimum absolute atomic E-state index is 0.0206. The molecule has 0 N–H and O–H groups in total. The van der Waals surface area contributed by atoms with Gasteiger partial charge >= 0.3 is 5.79 Å². The van der Waals surface area contributed by atoms with E-state index in [2.05, 4.69) is 71.6 Å². The Labute approximate surface area is 295 Å². The maximum Gasteiger partial charge on any atom is 0.346 e. The van der Waals surface area contributed by atoms with E-state index in [1.807, 2.05) is 91.0 Å². The molecule has 6 nitrogen and oxygen atoms in total. The van der Waals surface area contributed by atoms with E-state index < -0.39 is 17.3 Å². The molecule has 1 saturated heterocycles. The molecule has 1 fully saturated rings. The van der Waals surface area contributed by atoms with Crippen molar-refractivity contribution in [2.24, 2.45) is 10.3 Å². The lowest BCUT2D eigenvalue weighted by Crippen LogP contribution is -2.69. The molecule has 0 saturated carbocycles. The first-order valence-corrected chi connectivity index (χ1v) is 17.0. The van der Waals surface area contributed by atoms with E-state index >= 15 is 0 Å². The third-order valence-corrected chi connectivity index (χ3v) is 10.2. The van der Waals surface area contributed by atoms with Crippen LogP contribution in [0.1, 0.15) is 46.7 Å². The molecule has 8 heteroatoms. The van der Waals surface area contributed by atoms with E-state index in [0.29, 0.717) is 29.0 Å². The number of likely N-dealkylation sites (tertiary alicyclic amines) is 1. The number of hydrogen-bond donors (Lipinski definition) is 0. The zero-order valence-corrected chi connectivity index (χ0v) is 28.3. The largest absolute Gasteiger partial charge is 0.422 e. The molecule has 49 heavy (non-hydrogen) atoms.